The number of primary sulfonamides is 1. The molecular weight excluding hydrogens is 400 g/mol. The highest BCUT2D eigenvalue weighted by Gasteiger charge is 2.61. The zero-order valence-electron chi connectivity index (χ0n) is 17.8. The lowest BCUT2D eigenvalue weighted by atomic mass is 9.73. The summed E-state index contributed by atoms with van der Waals surface area (Å²) in [7, 11) is -4.13. The highest BCUT2D eigenvalue weighted by Crippen LogP contribution is 2.46. The summed E-state index contributed by atoms with van der Waals surface area (Å²) in [6, 6.07) is 12.8. The maximum Gasteiger partial charge on any atom is 0.221 e. The monoisotopic (exact) mass is 430 g/mol. The van der Waals surface area contributed by atoms with Crippen LogP contribution in [0.25, 0.3) is 0 Å². The number of carbonyl (C=O) groups excluding carboxylic acids is 1. The van der Waals surface area contributed by atoms with Gasteiger partial charge < -0.3 is 4.90 Å². The second-order valence-corrected chi connectivity index (χ2v) is 9.80. The number of hydrogen-bond donors (Lipinski definition) is 1. The summed E-state index contributed by atoms with van der Waals surface area (Å²) in [6.07, 6.45) is 3.83. The van der Waals surface area contributed by atoms with Gasteiger partial charge in [-0.3, -0.25) is 14.7 Å². The molecule has 162 valence electrons. The van der Waals surface area contributed by atoms with Crippen molar-refractivity contribution in [2.75, 3.05) is 31.1 Å². The molecule has 1 aromatic carbocycles. The molecule has 7 nitrogen and oxygen atoms in total. The number of anilines is 1. The number of rotatable bonds is 7. The van der Waals surface area contributed by atoms with E-state index >= 15 is 0 Å². The number of nitrogens with two attached hydrogens (primary N) is 1. The van der Waals surface area contributed by atoms with Crippen LogP contribution >= 0.6 is 0 Å². The first-order chi connectivity index (χ1) is 14.2. The Morgan fingerprint density at radius 2 is 1.63 bits per heavy atom. The average molecular weight is 431 g/mol. The Kier molecular flexibility index (Phi) is 6.31. The average Bonchev–Trinajstić information content (AvgIpc) is 2.75. The lowest BCUT2D eigenvalue weighted by Gasteiger charge is -2.54. The second kappa shape index (κ2) is 8.45. The molecular formula is C22H30N4O3S. The van der Waals surface area contributed by atoms with E-state index in [0.29, 0.717) is 38.2 Å². The first-order valence-electron chi connectivity index (χ1n) is 10.2. The van der Waals surface area contributed by atoms with Crippen LogP contribution in [0.5, 0.6) is 0 Å². The quantitative estimate of drug-likeness (QED) is 0.723. The maximum atomic E-state index is 13.2. The summed E-state index contributed by atoms with van der Waals surface area (Å²) in [5.74, 6) is -0.192. The van der Waals surface area contributed by atoms with Gasteiger partial charge in [0.1, 0.15) is 10.3 Å². The van der Waals surface area contributed by atoms with Crippen LogP contribution in [0.2, 0.25) is 0 Å². The molecule has 1 saturated heterocycles. The van der Waals surface area contributed by atoms with Crippen LogP contribution < -0.4 is 10.0 Å². The number of pyridine rings is 1. The van der Waals surface area contributed by atoms with Crippen molar-refractivity contribution in [3.63, 3.8) is 0 Å². The number of nitrogens with zero attached hydrogens (tertiary/aromatic N) is 3. The third kappa shape index (κ3) is 3.53. The minimum Gasteiger partial charge on any atom is -0.369 e. The van der Waals surface area contributed by atoms with Gasteiger partial charge in [0.15, 0.2) is 5.78 Å². The van der Waals surface area contributed by atoms with E-state index in [0.717, 1.165) is 5.69 Å². The predicted octanol–water partition coefficient (Wildman–Crippen LogP) is 2.15. The van der Waals surface area contributed by atoms with Crippen molar-refractivity contribution >= 4 is 21.5 Å². The standard InChI is InChI=1S/C22H30N4O3S/c1-4-22(18(2)27,21(3,30(23,28)29)19-8-6-5-7-9-19)26-16-14-25(15-17-26)20-10-12-24-13-11-20/h5-13H,4,14-17H2,1-3H3,(H2,23,28,29). The zero-order valence-corrected chi connectivity index (χ0v) is 18.6. The number of hydrogen-bond acceptors (Lipinski definition) is 6. The van der Waals surface area contributed by atoms with Gasteiger partial charge in [-0.15, -0.1) is 0 Å². The minimum absolute atomic E-state index is 0.192. The van der Waals surface area contributed by atoms with Crippen LogP contribution in [-0.2, 0) is 19.6 Å². The molecule has 8 heteroatoms. The summed E-state index contributed by atoms with van der Waals surface area (Å²) in [5, 5.41) is 5.85. The van der Waals surface area contributed by atoms with Crippen molar-refractivity contribution in [2.45, 2.75) is 37.5 Å². The largest absolute Gasteiger partial charge is 0.369 e. The van der Waals surface area contributed by atoms with Gasteiger partial charge in [-0.25, -0.2) is 13.6 Å². The molecule has 0 radical (unpaired) electrons. The third-order valence-electron chi connectivity index (χ3n) is 6.62. The van der Waals surface area contributed by atoms with E-state index < -0.39 is 20.3 Å². The molecule has 0 amide bonds. The normalized spacial score (nSPS) is 19.7. The molecule has 0 aliphatic carbocycles. The van der Waals surface area contributed by atoms with Gasteiger partial charge in [0.05, 0.1) is 0 Å². The fourth-order valence-corrected chi connectivity index (χ4v) is 6.32. The van der Waals surface area contributed by atoms with Gasteiger partial charge in [-0.05, 0) is 38.0 Å². The van der Waals surface area contributed by atoms with Gasteiger partial charge >= 0.3 is 0 Å². The summed E-state index contributed by atoms with van der Waals surface area (Å²) < 4.78 is 24.6. The number of piperazine rings is 1. The van der Waals surface area contributed by atoms with E-state index in [1.54, 1.807) is 43.6 Å². The van der Waals surface area contributed by atoms with Gasteiger partial charge in [0, 0.05) is 44.3 Å². The van der Waals surface area contributed by atoms with E-state index in [2.05, 4.69) is 9.88 Å². The Bertz CT molecular complexity index is 976. The fraction of sp³-hybridized carbons (Fsp3) is 0.455. The molecule has 1 aromatic heterocycles. The Hall–Kier alpha value is -2.29. The van der Waals surface area contributed by atoms with E-state index in [4.69, 9.17) is 5.14 Å². The number of aromatic nitrogens is 1. The van der Waals surface area contributed by atoms with E-state index in [-0.39, 0.29) is 5.78 Å². The minimum atomic E-state index is -4.13. The van der Waals surface area contributed by atoms with Crippen molar-refractivity contribution in [3.05, 3.63) is 60.4 Å². The van der Waals surface area contributed by atoms with E-state index in [9.17, 15) is 13.2 Å². The summed E-state index contributed by atoms with van der Waals surface area (Å²) in [4.78, 5) is 21.5. The number of sulfonamides is 1. The molecule has 0 bridgehead atoms. The lowest BCUT2D eigenvalue weighted by molar-refractivity contribution is -0.132. The molecule has 2 unspecified atom stereocenters. The Balaban J connectivity index is 2.05. The van der Waals surface area contributed by atoms with Gasteiger partial charge in [-0.2, -0.15) is 0 Å². The zero-order chi connectivity index (χ0) is 22.0. The molecule has 3 rings (SSSR count). The molecule has 2 heterocycles. The van der Waals surface area contributed by atoms with Crippen molar-refractivity contribution < 1.29 is 13.2 Å². The fourth-order valence-electron chi connectivity index (χ4n) is 4.97. The topological polar surface area (TPSA) is 96.6 Å². The Labute approximate surface area is 178 Å². The molecule has 2 aromatic rings. The van der Waals surface area contributed by atoms with Crippen LogP contribution in [0.4, 0.5) is 5.69 Å². The van der Waals surface area contributed by atoms with Crippen molar-refractivity contribution in [3.8, 4) is 0 Å². The SMILES string of the molecule is CCC(C(C)=O)(N1CCN(c2ccncc2)CC1)C(C)(c1ccccc1)S(N)(=O)=O. The highest BCUT2D eigenvalue weighted by molar-refractivity contribution is 7.90. The number of carbonyl (C=O) groups is 1. The number of benzene rings is 1. The Morgan fingerprint density at radius 3 is 2.10 bits per heavy atom. The predicted molar refractivity (Wildman–Crippen MR) is 119 cm³/mol. The molecule has 1 fully saturated rings. The smallest absolute Gasteiger partial charge is 0.221 e. The Morgan fingerprint density at radius 1 is 1.07 bits per heavy atom. The summed E-state index contributed by atoms with van der Waals surface area (Å²) >= 11 is 0. The molecule has 2 N–H and O–H groups in total. The molecule has 0 saturated carbocycles. The van der Waals surface area contributed by atoms with Crippen LogP contribution in [0, 0.1) is 0 Å². The first-order valence-corrected chi connectivity index (χ1v) is 11.7. The van der Waals surface area contributed by atoms with Gasteiger partial charge in [0.2, 0.25) is 10.0 Å². The second-order valence-electron chi connectivity index (χ2n) is 7.89. The van der Waals surface area contributed by atoms with Crippen molar-refractivity contribution in [2.24, 2.45) is 5.14 Å². The molecule has 0 spiro atoms. The number of ketones is 1. The molecule has 2 atom stereocenters. The van der Waals surface area contributed by atoms with Crippen molar-refractivity contribution in [1.82, 2.24) is 9.88 Å². The van der Waals surface area contributed by atoms with E-state index in [1.165, 1.54) is 6.92 Å². The molecule has 1 aliphatic rings. The van der Waals surface area contributed by atoms with Gasteiger partial charge in [0.25, 0.3) is 0 Å². The van der Waals surface area contributed by atoms with Gasteiger partial charge in [-0.1, -0.05) is 37.3 Å². The van der Waals surface area contributed by atoms with Crippen molar-refractivity contribution in [1.29, 1.82) is 0 Å². The van der Waals surface area contributed by atoms with Crippen LogP contribution in [-0.4, -0.2) is 55.8 Å². The molecule has 30 heavy (non-hydrogen) atoms. The van der Waals surface area contributed by atoms with Crippen LogP contribution in [0.15, 0.2) is 54.9 Å². The first kappa shape index (κ1) is 22.4. The van der Waals surface area contributed by atoms with Crippen LogP contribution in [0.1, 0.15) is 32.8 Å². The molecule has 1 aliphatic heterocycles. The van der Waals surface area contributed by atoms with E-state index in [1.807, 2.05) is 30.0 Å². The van der Waals surface area contributed by atoms with Crippen LogP contribution in [0.3, 0.4) is 0 Å². The summed E-state index contributed by atoms with van der Waals surface area (Å²) in [6.45, 7) is 7.39. The highest BCUT2D eigenvalue weighted by atomic mass is 32.2. The third-order valence-corrected chi connectivity index (χ3v) is 8.34. The summed E-state index contributed by atoms with van der Waals surface area (Å²) in [5.41, 5.74) is 0.319. The number of Topliss-reactive ketones (excluding diaryl/α,β-unsaturated/α-hetero) is 1. The lowest BCUT2D eigenvalue weighted by Crippen LogP contribution is -2.71. The maximum absolute atomic E-state index is 13.2.